The highest BCUT2D eigenvalue weighted by atomic mass is 16.4. The summed E-state index contributed by atoms with van der Waals surface area (Å²) in [5, 5.41) is 21.4. The third-order valence-corrected chi connectivity index (χ3v) is 2.32. The number of carbonyl (C=O) groups is 4. The highest BCUT2D eigenvalue weighted by Gasteiger charge is 2.06. The highest BCUT2D eigenvalue weighted by molar-refractivity contribution is 5.78. The van der Waals surface area contributed by atoms with Gasteiger partial charge < -0.3 is 42.8 Å². The second-order valence-electron chi connectivity index (χ2n) is 5.18. The molecule has 0 aliphatic heterocycles. The Morgan fingerprint density at radius 1 is 0.654 bits per heavy atom. The average molecular weight is 390 g/mol. The molecule has 0 spiro atoms. The first-order valence-corrected chi connectivity index (χ1v) is 7.06. The minimum absolute atomic E-state index is 0. The molecule has 0 bridgehead atoms. The molecule has 2 amide bonds. The van der Waals surface area contributed by atoms with Crippen LogP contribution in [0.4, 0.5) is 0 Å². The van der Waals surface area contributed by atoms with Gasteiger partial charge in [-0.15, -0.1) is 0 Å². The van der Waals surface area contributed by atoms with E-state index < -0.39 is 11.9 Å². The van der Waals surface area contributed by atoms with Crippen molar-refractivity contribution in [3.8, 4) is 0 Å². The van der Waals surface area contributed by atoms with Gasteiger partial charge in [0.05, 0.1) is 12.8 Å². The first-order chi connectivity index (χ1) is 10.1. The van der Waals surface area contributed by atoms with Crippen molar-refractivity contribution < 1.29 is 51.3 Å². The van der Waals surface area contributed by atoms with Crippen molar-refractivity contribution in [1.29, 1.82) is 0 Å². The van der Waals surface area contributed by atoms with Gasteiger partial charge in [-0.1, -0.05) is 27.7 Å². The van der Waals surface area contributed by atoms with Crippen LogP contribution < -0.4 is 10.6 Å². The van der Waals surface area contributed by atoms with Gasteiger partial charge >= 0.3 is 11.9 Å². The van der Waals surface area contributed by atoms with Gasteiger partial charge in [0.25, 0.3) is 0 Å². The number of hydrogen-bond donors (Lipinski definition) is 4. The molecule has 0 aromatic heterocycles. The molecule has 0 saturated carbocycles. The number of hydrogen-bond acceptors (Lipinski definition) is 4. The van der Waals surface area contributed by atoms with Gasteiger partial charge in [-0.2, -0.15) is 0 Å². The Morgan fingerprint density at radius 3 is 1.04 bits per heavy atom. The zero-order valence-electron chi connectivity index (χ0n) is 15.5. The standard InChI is InChI=1S/2C7H13NO3.4H2O/c2*1-5(2)7(11)8-4-3-6(9)10;;;;/h2*5H,3-4H2,1-2H3,(H,8,11)(H,9,10);4*1H2. The molecule has 0 aromatic rings. The Morgan fingerprint density at radius 2 is 0.885 bits per heavy atom. The molecule has 0 aliphatic rings. The lowest BCUT2D eigenvalue weighted by molar-refractivity contribution is -0.138. The second-order valence-corrected chi connectivity index (χ2v) is 5.18. The summed E-state index contributed by atoms with van der Waals surface area (Å²) in [6.45, 7) is 7.47. The van der Waals surface area contributed by atoms with Crippen molar-refractivity contribution in [1.82, 2.24) is 10.6 Å². The van der Waals surface area contributed by atoms with E-state index in [0.717, 1.165) is 0 Å². The lowest BCUT2D eigenvalue weighted by atomic mass is 10.2. The molecule has 0 saturated heterocycles. The number of carboxylic acids is 2. The molecule has 0 atom stereocenters. The predicted molar refractivity (Wildman–Crippen MR) is 94.7 cm³/mol. The fourth-order valence-corrected chi connectivity index (χ4v) is 0.994. The number of aliphatic carboxylic acids is 2. The summed E-state index contributed by atoms with van der Waals surface area (Å²) in [7, 11) is 0. The fraction of sp³-hybridized carbons (Fsp3) is 0.714. The SMILES string of the molecule is CC(C)C(=O)NCCC(=O)O.CC(C)C(=O)NCCC(=O)O.O.O.O.O. The molecular formula is C14H34N2O10. The zero-order chi connectivity index (χ0) is 17.7. The normalized spacial score (nSPS) is 8.23. The molecule has 12 N–H and O–H groups in total. The summed E-state index contributed by atoms with van der Waals surface area (Å²) >= 11 is 0. The van der Waals surface area contributed by atoms with Gasteiger partial charge in [-0.25, -0.2) is 0 Å². The monoisotopic (exact) mass is 390 g/mol. The number of amides is 2. The van der Waals surface area contributed by atoms with Crippen molar-refractivity contribution in [2.24, 2.45) is 11.8 Å². The molecule has 26 heavy (non-hydrogen) atoms. The summed E-state index contributed by atoms with van der Waals surface area (Å²) in [6, 6.07) is 0. The van der Waals surface area contributed by atoms with Crippen molar-refractivity contribution in [3.63, 3.8) is 0 Å². The fourth-order valence-electron chi connectivity index (χ4n) is 0.994. The Labute approximate surface area is 152 Å². The molecule has 0 rings (SSSR count). The van der Waals surface area contributed by atoms with Crippen molar-refractivity contribution in [2.45, 2.75) is 40.5 Å². The van der Waals surface area contributed by atoms with Crippen LogP contribution in [-0.4, -0.2) is 69.0 Å². The second kappa shape index (κ2) is 22.7. The summed E-state index contributed by atoms with van der Waals surface area (Å²) < 4.78 is 0. The molecular weight excluding hydrogens is 356 g/mol. The highest BCUT2D eigenvalue weighted by Crippen LogP contribution is 1.90. The van der Waals surface area contributed by atoms with E-state index in [4.69, 9.17) is 10.2 Å². The zero-order valence-corrected chi connectivity index (χ0v) is 15.5. The molecule has 0 radical (unpaired) electrons. The molecule has 12 heteroatoms. The van der Waals surface area contributed by atoms with E-state index in [0.29, 0.717) is 0 Å². The smallest absolute Gasteiger partial charge is 0.305 e. The van der Waals surface area contributed by atoms with Crippen LogP contribution in [0.2, 0.25) is 0 Å². The maximum absolute atomic E-state index is 10.8. The van der Waals surface area contributed by atoms with Crippen LogP contribution in [-0.2, 0) is 19.2 Å². The summed E-state index contributed by atoms with van der Waals surface area (Å²) in [6.07, 6.45) is -0.0308. The van der Waals surface area contributed by atoms with Gasteiger partial charge in [0, 0.05) is 24.9 Å². The third-order valence-electron chi connectivity index (χ3n) is 2.32. The van der Waals surface area contributed by atoms with E-state index in [1.54, 1.807) is 27.7 Å². The van der Waals surface area contributed by atoms with Crippen LogP contribution in [0.15, 0.2) is 0 Å². The van der Waals surface area contributed by atoms with Crippen LogP contribution in [0.5, 0.6) is 0 Å². The number of carbonyl (C=O) groups excluding carboxylic acids is 2. The average Bonchev–Trinajstić information content (AvgIpc) is 2.38. The number of carboxylic acid groups (broad SMARTS) is 2. The van der Waals surface area contributed by atoms with E-state index in [9.17, 15) is 19.2 Å². The Balaban J connectivity index is -0.0000000667. The van der Waals surface area contributed by atoms with Crippen LogP contribution in [0, 0.1) is 11.8 Å². The number of rotatable bonds is 8. The summed E-state index contributed by atoms with van der Waals surface area (Å²) in [5.74, 6) is -2.16. The van der Waals surface area contributed by atoms with Crippen LogP contribution in [0.25, 0.3) is 0 Å². The molecule has 12 nitrogen and oxygen atoms in total. The summed E-state index contributed by atoms with van der Waals surface area (Å²) in [4.78, 5) is 41.6. The quantitative estimate of drug-likeness (QED) is 0.339. The van der Waals surface area contributed by atoms with Crippen LogP contribution in [0.3, 0.4) is 0 Å². The van der Waals surface area contributed by atoms with Gasteiger partial charge in [0.1, 0.15) is 0 Å². The van der Waals surface area contributed by atoms with Gasteiger partial charge in [-0.3, -0.25) is 19.2 Å². The molecule has 0 fully saturated rings. The van der Waals surface area contributed by atoms with Crippen molar-refractivity contribution in [3.05, 3.63) is 0 Å². The molecule has 0 aromatic carbocycles. The van der Waals surface area contributed by atoms with E-state index in [2.05, 4.69) is 10.6 Å². The third kappa shape index (κ3) is 29.7. The maximum Gasteiger partial charge on any atom is 0.305 e. The largest absolute Gasteiger partial charge is 0.481 e. The number of nitrogens with one attached hydrogen (secondary N) is 2. The van der Waals surface area contributed by atoms with Gasteiger partial charge in [0.15, 0.2) is 0 Å². The molecule has 160 valence electrons. The van der Waals surface area contributed by atoms with Crippen molar-refractivity contribution >= 4 is 23.8 Å². The van der Waals surface area contributed by atoms with Crippen LogP contribution in [0.1, 0.15) is 40.5 Å². The molecule has 0 heterocycles. The molecule has 0 unspecified atom stereocenters. The maximum atomic E-state index is 10.8. The first-order valence-electron chi connectivity index (χ1n) is 7.06. The van der Waals surface area contributed by atoms with Gasteiger partial charge in [0.2, 0.25) is 11.8 Å². The Bertz CT molecular complexity index is 350. The van der Waals surface area contributed by atoms with Crippen molar-refractivity contribution in [2.75, 3.05) is 13.1 Å². The lowest BCUT2D eigenvalue weighted by Gasteiger charge is -2.04. The van der Waals surface area contributed by atoms with Gasteiger partial charge in [-0.05, 0) is 0 Å². The minimum atomic E-state index is -0.894. The summed E-state index contributed by atoms with van der Waals surface area (Å²) in [5.41, 5.74) is 0. The Hall–Kier alpha value is -2.28. The Kier molecular flexibility index (Phi) is 34.1. The lowest BCUT2D eigenvalue weighted by Crippen LogP contribution is -2.29. The molecule has 0 aliphatic carbocycles. The predicted octanol–water partition coefficient (Wildman–Crippen LogP) is -2.83. The van der Waals surface area contributed by atoms with E-state index in [-0.39, 0.29) is 71.5 Å². The van der Waals surface area contributed by atoms with E-state index in [1.807, 2.05) is 0 Å². The van der Waals surface area contributed by atoms with Crippen LogP contribution >= 0.6 is 0 Å². The first kappa shape index (κ1) is 39.0. The van der Waals surface area contributed by atoms with E-state index in [1.165, 1.54) is 0 Å². The topological polar surface area (TPSA) is 259 Å². The van der Waals surface area contributed by atoms with E-state index >= 15 is 0 Å². The minimum Gasteiger partial charge on any atom is -0.481 e.